The molecule has 0 radical (unpaired) electrons. The van der Waals surface area contributed by atoms with Crippen molar-refractivity contribution in [3.63, 3.8) is 0 Å². The average molecular weight is 266 g/mol. The number of hydrogen-bond donors (Lipinski definition) is 1. The van der Waals surface area contributed by atoms with Crippen molar-refractivity contribution in [2.75, 3.05) is 32.7 Å². The minimum absolute atomic E-state index is 0.142. The molecule has 4 heteroatoms. The molecule has 1 aliphatic heterocycles. The molecule has 1 amide bonds. The smallest absolute Gasteiger partial charge is 0.225 e. The lowest BCUT2D eigenvalue weighted by molar-refractivity contribution is -0.137. The molecule has 0 aromatic rings. The summed E-state index contributed by atoms with van der Waals surface area (Å²) in [6.07, 6.45) is 6.90. The first-order valence-electron chi connectivity index (χ1n) is 7.93. The topological polar surface area (TPSA) is 43.8 Å². The van der Waals surface area contributed by atoms with E-state index in [0.717, 1.165) is 45.6 Å². The van der Waals surface area contributed by atoms with Crippen LogP contribution in [0.3, 0.4) is 0 Å². The second-order valence-electron chi connectivity index (χ2n) is 6.51. The number of hydrogen-bond acceptors (Lipinski definition) is 3. The number of nitrogens with zero attached hydrogens (tertiary/aromatic N) is 2. The number of carbonyl (C=O) groups excluding carboxylic acids is 1. The van der Waals surface area contributed by atoms with Gasteiger partial charge in [0, 0.05) is 38.6 Å². The van der Waals surface area contributed by atoms with Crippen molar-refractivity contribution < 1.29 is 9.90 Å². The Morgan fingerprint density at radius 1 is 1.05 bits per heavy atom. The van der Waals surface area contributed by atoms with Crippen LogP contribution in [0, 0.1) is 11.8 Å². The Hall–Kier alpha value is -0.610. The lowest BCUT2D eigenvalue weighted by Crippen LogP contribution is -2.51. The lowest BCUT2D eigenvalue weighted by Gasteiger charge is -2.36. The monoisotopic (exact) mass is 266 g/mol. The third-order valence-electron chi connectivity index (χ3n) is 5.00. The van der Waals surface area contributed by atoms with Crippen LogP contribution in [0.4, 0.5) is 0 Å². The van der Waals surface area contributed by atoms with Crippen molar-refractivity contribution >= 4 is 5.91 Å². The summed E-state index contributed by atoms with van der Waals surface area (Å²) in [6.45, 7) is 4.38. The maximum absolute atomic E-state index is 12.3. The molecule has 0 bridgehead atoms. The molecule has 2 saturated carbocycles. The van der Waals surface area contributed by atoms with Crippen molar-refractivity contribution in [2.24, 2.45) is 11.8 Å². The standard InChI is InChI=1S/C15H26N2O2/c18-14(12-5-6-12)11-16-7-9-17(10-8-16)15(19)13-3-1-2-4-13/h12-14,18H,1-11H2/t14-/m0/s1. The molecular weight excluding hydrogens is 240 g/mol. The summed E-state index contributed by atoms with van der Waals surface area (Å²) in [7, 11) is 0. The van der Waals surface area contributed by atoms with Gasteiger partial charge in [-0.15, -0.1) is 0 Å². The van der Waals surface area contributed by atoms with Crippen molar-refractivity contribution in [2.45, 2.75) is 44.6 Å². The van der Waals surface area contributed by atoms with E-state index in [0.29, 0.717) is 17.7 Å². The maximum atomic E-state index is 12.3. The molecule has 0 aromatic heterocycles. The number of aliphatic hydroxyl groups excluding tert-OH is 1. The van der Waals surface area contributed by atoms with Crippen molar-refractivity contribution in [1.82, 2.24) is 9.80 Å². The van der Waals surface area contributed by atoms with E-state index in [4.69, 9.17) is 0 Å². The number of carbonyl (C=O) groups is 1. The van der Waals surface area contributed by atoms with Crippen LogP contribution in [0.25, 0.3) is 0 Å². The zero-order chi connectivity index (χ0) is 13.2. The normalized spacial score (nSPS) is 27.7. The summed E-state index contributed by atoms with van der Waals surface area (Å²) in [5.74, 6) is 1.25. The van der Waals surface area contributed by atoms with Crippen LogP contribution >= 0.6 is 0 Å². The highest BCUT2D eigenvalue weighted by Crippen LogP contribution is 2.33. The van der Waals surface area contributed by atoms with Gasteiger partial charge in [-0.1, -0.05) is 12.8 Å². The Bertz CT molecular complexity index is 316. The summed E-state index contributed by atoms with van der Waals surface area (Å²) in [6, 6.07) is 0. The summed E-state index contributed by atoms with van der Waals surface area (Å²) in [4.78, 5) is 16.7. The molecule has 108 valence electrons. The first-order chi connectivity index (χ1) is 9.24. The fourth-order valence-corrected chi connectivity index (χ4v) is 3.48. The van der Waals surface area contributed by atoms with Crippen LogP contribution in [0.1, 0.15) is 38.5 Å². The number of aliphatic hydroxyl groups is 1. The van der Waals surface area contributed by atoms with E-state index in [9.17, 15) is 9.90 Å². The number of β-amino-alcohol motifs (C(OH)–C–C–N with tert-alkyl or cyclic N) is 1. The van der Waals surface area contributed by atoms with E-state index < -0.39 is 0 Å². The molecule has 3 rings (SSSR count). The zero-order valence-corrected chi connectivity index (χ0v) is 11.8. The van der Waals surface area contributed by atoms with E-state index >= 15 is 0 Å². The summed E-state index contributed by atoms with van der Waals surface area (Å²) >= 11 is 0. The van der Waals surface area contributed by atoms with Gasteiger partial charge in [-0.3, -0.25) is 9.69 Å². The van der Waals surface area contributed by atoms with E-state index in [1.807, 2.05) is 0 Å². The van der Waals surface area contributed by atoms with Gasteiger partial charge in [-0.05, 0) is 31.6 Å². The summed E-state index contributed by atoms with van der Waals surface area (Å²) in [5, 5.41) is 9.97. The van der Waals surface area contributed by atoms with Crippen LogP contribution in [0.5, 0.6) is 0 Å². The van der Waals surface area contributed by atoms with Gasteiger partial charge >= 0.3 is 0 Å². The molecule has 19 heavy (non-hydrogen) atoms. The average Bonchev–Trinajstić information content (AvgIpc) is 3.14. The molecule has 0 spiro atoms. The third-order valence-corrected chi connectivity index (χ3v) is 5.00. The maximum Gasteiger partial charge on any atom is 0.225 e. The fourth-order valence-electron chi connectivity index (χ4n) is 3.48. The van der Waals surface area contributed by atoms with Gasteiger partial charge in [-0.2, -0.15) is 0 Å². The quantitative estimate of drug-likeness (QED) is 0.828. The van der Waals surface area contributed by atoms with Gasteiger partial charge in [0.1, 0.15) is 0 Å². The summed E-state index contributed by atoms with van der Waals surface area (Å²) in [5.41, 5.74) is 0. The predicted octanol–water partition coefficient (Wildman–Crippen LogP) is 1.09. The Kier molecular flexibility index (Phi) is 4.08. The SMILES string of the molecule is O=C(C1CCCC1)N1CCN(C[C@H](O)C2CC2)CC1. The van der Waals surface area contributed by atoms with Crippen molar-refractivity contribution in [3.8, 4) is 0 Å². The molecule has 4 nitrogen and oxygen atoms in total. The fraction of sp³-hybridized carbons (Fsp3) is 0.933. The molecule has 2 aliphatic carbocycles. The first-order valence-corrected chi connectivity index (χ1v) is 7.93. The highest BCUT2D eigenvalue weighted by Gasteiger charge is 2.33. The van der Waals surface area contributed by atoms with Gasteiger partial charge in [0.2, 0.25) is 5.91 Å². The molecule has 0 unspecified atom stereocenters. The van der Waals surface area contributed by atoms with Crippen LogP contribution in [0.15, 0.2) is 0 Å². The molecule has 1 atom stereocenters. The molecule has 3 fully saturated rings. The number of rotatable bonds is 4. The van der Waals surface area contributed by atoms with Crippen LogP contribution in [0.2, 0.25) is 0 Å². The van der Waals surface area contributed by atoms with E-state index in [1.165, 1.54) is 25.7 Å². The van der Waals surface area contributed by atoms with Crippen LogP contribution in [-0.4, -0.2) is 59.6 Å². The van der Waals surface area contributed by atoms with Gasteiger partial charge in [0.25, 0.3) is 0 Å². The number of piperazine rings is 1. The van der Waals surface area contributed by atoms with E-state index in [2.05, 4.69) is 9.80 Å². The minimum Gasteiger partial charge on any atom is -0.392 e. The Balaban J connectivity index is 1.42. The number of amides is 1. The molecule has 1 heterocycles. The van der Waals surface area contributed by atoms with E-state index in [-0.39, 0.29) is 6.10 Å². The van der Waals surface area contributed by atoms with Gasteiger partial charge in [0.15, 0.2) is 0 Å². The summed E-state index contributed by atoms with van der Waals surface area (Å²) < 4.78 is 0. The molecule has 0 aromatic carbocycles. The van der Waals surface area contributed by atoms with Gasteiger partial charge in [0.05, 0.1) is 6.10 Å². The van der Waals surface area contributed by atoms with Gasteiger partial charge in [-0.25, -0.2) is 0 Å². The predicted molar refractivity (Wildman–Crippen MR) is 73.7 cm³/mol. The highest BCUT2D eigenvalue weighted by molar-refractivity contribution is 5.79. The van der Waals surface area contributed by atoms with Crippen molar-refractivity contribution in [3.05, 3.63) is 0 Å². The third kappa shape index (κ3) is 3.29. The largest absolute Gasteiger partial charge is 0.392 e. The molecule has 3 aliphatic rings. The Morgan fingerprint density at radius 3 is 2.26 bits per heavy atom. The van der Waals surface area contributed by atoms with Crippen molar-refractivity contribution in [1.29, 1.82) is 0 Å². The highest BCUT2D eigenvalue weighted by atomic mass is 16.3. The second-order valence-corrected chi connectivity index (χ2v) is 6.51. The van der Waals surface area contributed by atoms with E-state index in [1.54, 1.807) is 0 Å². The van der Waals surface area contributed by atoms with Crippen LogP contribution in [-0.2, 0) is 4.79 Å². The molecular formula is C15H26N2O2. The zero-order valence-electron chi connectivity index (χ0n) is 11.8. The molecule has 1 saturated heterocycles. The van der Waals surface area contributed by atoms with Gasteiger partial charge < -0.3 is 10.0 Å². The lowest BCUT2D eigenvalue weighted by atomic mass is 10.1. The Labute approximate surface area is 115 Å². The van der Waals surface area contributed by atoms with Crippen LogP contribution < -0.4 is 0 Å². The Morgan fingerprint density at radius 2 is 1.68 bits per heavy atom. The second kappa shape index (κ2) is 5.80. The minimum atomic E-state index is -0.142. The molecule has 1 N–H and O–H groups in total. The first kappa shape index (κ1) is 13.4.